The molecule has 102 valence electrons. The van der Waals surface area contributed by atoms with Gasteiger partial charge < -0.3 is 5.11 Å². The van der Waals surface area contributed by atoms with Gasteiger partial charge >= 0.3 is 29.6 Å². The van der Waals surface area contributed by atoms with Crippen molar-refractivity contribution in [2.45, 2.75) is 35.7 Å². The standard InChI is InChI=1S/C6H2F10O/c7-2(8)1(17)3(9,10)5(13,14)6(15,16)4(2,11)12/h1,17H. The Morgan fingerprint density at radius 1 is 0.529 bits per heavy atom. The molecule has 0 heterocycles. The maximum Gasteiger partial charge on any atom is 0.384 e. The molecule has 0 unspecified atom stereocenters. The van der Waals surface area contributed by atoms with E-state index in [-0.39, 0.29) is 0 Å². The van der Waals surface area contributed by atoms with Crippen LogP contribution in [0.4, 0.5) is 43.9 Å². The molecule has 1 aliphatic rings. The summed E-state index contributed by atoms with van der Waals surface area (Å²) in [6.07, 6.45) is -4.93. The molecule has 0 saturated heterocycles. The van der Waals surface area contributed by atoms with Gasteiger partial charge in [-0.2, -0.15) is 43.9 Å². The zero-order valence-electron chi connectivity index (χ0n) is 7.30. The molecule has 0 aromatic rings. The van der Waals surface area contributed by atoms with Gasteiger partial charge in [0.1, 0.15) is 0 Å². The smallest absolute Gasteiger partial charge is 0.381 e. The van der Waals surface area contributed by atoms with Crippen LogP contribution in [-0.2, 0) is 0 Å². The fourth-order valence-electron chi connectivity index (χ4n) is 1.19. The molecule has 1 fully saturated rings. The van der Waals surface area contributed by atoms with Crippen molar-refractivity contribution in [3.8, 4) is 0 Å². The molecule has 0 spiro atoms. The van der Waals surface area contributed by atoms with Crippen LogP contribution in [0.2, 0.25) is 0 Å². The number of alkyl halides is 10. The Labute approximate surface area is 86.0 Å². The van der Waals surface area contributed by atoms with Crippen LogP contribution in [0.1, 0.15) is 0 Å². The molecule has 17 heavy (non-hydrogen) atoms. The Kier molecular flexibility index (Phi) is 2.51. The van der Waals surface area contributed by atoms with E-state index in [0.29, 0.717) is 0 Å². The van der Waals surface area contributed by atoms with E-state index in [2.05, 4.69) is 0 Å². The van der Waals surface area contributed by atoms with Crippen LogP contribution >= 0.6 is 0 Å². The van der Waals surface area contributed by atoms with Gasteiger partial charge in [-0.05, 0) is 0 Å². The highest BCUT2D eigenvalue weighted by Gasteiger charge is 2.95. The lowest BCUT2D eigenvalue weighted by atomic mass is 9.80. The number of rotatable bonds is 0. The van der Waals surface area contributed by atoms with Crippen molar-refractivity contribution in [1.29, 1.82) is 0 Å². The highest BCUT2D eigenvalue weighted by atomic mass is 19.4. The number of hydrogen-bond donors (Lipinski definition) is 1. The average molecular weight is 280 g/mol. The van der Waals surface area contributed by atoms with Gasteiger partial charge in [-0.25, -0.2) is 0 Å². The van der Waals surface area contributed by atoms with Gasteiger partial charge in [0, 0.05) is 0 Å². The molecule has 0 radical (unpaired) electrons. The Bertz CT molecular complexity index is 304. The molecule has 0 bridgehead atoms. The molecule has 0 atom stereocenters. The molecule has 0 aliphatic heterocycles. The van der Waals surface area contributed by atoms with E-state index in [0.717, 1.165) is 0 Å². The van der Waals surface area contributed by atoms with Crippen molar-refractivity contribution in [1.82, 2.24) is 0 Å². The number of halogens is 10. The van der Waals surface area contributed by atoms with Gasteiger partial charge in [0.25, 0.3) is 0 Å². The molecule has 1 saturated carbocycles. The van der Waals surface area contributed by atoms with Crippen molar-refractivity contribution < 1.29 is 49.0 Å². The van der Waals surface area contributed by atoms with Crippen LogP contribution in [0.15, 0.2) is 0 Å². The third-order valence-electron chi connectivity index (χ3n) is 2.31. The second-order valence-corrected chi connectivity index (χ2v) is 3.37. The van der Waals surface area contributed by atoms with Gasteiger partial charge in [-0.3, -0.25) is 0 Å². The van der Waals surface area contributed by atoms with E-state index in [1.807, 2.05) is 0 Å². The number of aliphatic hydroxyl groups excluding tert-OH is 1. The van der Waals surface area contributed by atoms with Crippen molar-refractivity contribution in [2.24, 2.45) is 0 Å². The molecule has 1 rings (SSSR count). The monoisotopic (exact) mass is 280 g/mol. The third-order valence-corrected chi connectivity index (χ3v) is 2.31. The predicted octanol–water partition coefficient (Wildman–Crippen LogP) is 2.54. The van der Waals surface area contributed by atoms with Crippen LogP contribution in [0.5, 0.6) is 0 Å². The molecule has 0 amide bonds. The zero-order valence-corrected chi connectivity index (χ0v) is 7.30. The van der Waals surface area contributed by atoms with E-state index in [9.17, 15) is 43.9 Å². The summed E-state index contributed by atoms with van der Waals surface area (Å²) in [5.41, 5.74) is 0. The maximum absolute atomic E-state index is 12.4. The largest absolute Gasteiger partial charge is 0.384 e. The van der Waals surface area contributed by atoms with Crippen molar-refractivity contribution in [2.75, 3.05) is 0 Å². The quantitative estimate of drug-likeness (QED) is 0.676. The van der Waals surface area contributed by atoms with Gasteiger partial charge in [0.15, 0.2) is 6.10 Å². The fourth-order valence-corrected chi connectivity index (χ4v) is 1.19. The summed E-state index contributed by atoms with van der Waals surface area (Å²) < 4.78 is 124. The first-order valence-corrected chi connectivity index (χ1v) is 3.73. The van der Waals surface area contributed by atoms with Crippen molar-refractivity contribution in [3.05, 3.63) is 0 Å². The Morgan fingerprint density at radius 3 is 1.00 bits per heavy atom. The lowest BCUT2D eigenvalue weighted by Crippen LogP contribution is -2.79. The van der Waals surface area contributed by atoms with E-state index in [4.69, 9.17) is 5.11 Å². The van der Waals surface area contributed by atoms with Crippen LogP contribution < -0.4 is 0 Å². The molecular formula is C6H2F10O. The van der Waals surface area contributed by atoms with E-state index < -0.39 is 35.7 Å². The first-order valence-electron chi connectivity index (χ1n) is 3.73. The van der Waals surface area contributed by atoms with Gasteiger partial charge in [0.2, 0.25) is 0 Å². The van der Waals surface area contributed by atoms with Crippen LogP contribution in [-0.4, -0.2) is 40.8 Å². The molecule has 0 aromatic carbocycles. The predicted molar refractivity (Wildman–Crippen MR) is 30.7 cm³/mol. The molecule has 1 N–H and O–H groups in total. The highest BCUT2D eigenvalue weighted by molar-refractivity contribution is 5.19. The second kappa shape index (κ2) is 2.98. The van der Waals surface area contributed by atoms with Crippen molar-refractivity contribution >= 4 is 0 Å². The first-order chi connectivity index (χ1) is 7.15. The van der Waals surface area contributed by atoms with Gasteiger partial charge in [0.05, 0.1) is 0 Å². The zero-order chi connectivity index (χ0) is 14.1. The van der Waals surface area contributed by atoms with Gasteiger partial charge in [-0.1, -0.05) is 0 Å². The van der Waals surface area contributed by atoms with E-state index in [1.165, 1.54) is 0 Å². The molecule has 11 heteroatoms. The summed E-state index contributed by atoms with van der Waals surface area (Å²) in [5.74, 6) is -33.4. The summed E-state index contributed by atoms with van der Waals surface area (Å²) in [6.45, 7) is 0. The lowest BCUT2D eigenvalue weighted by Gasteiger charge is -2.47. The third kappa shape index (κ3) is 1.20. The number of hydrogen-bond acceptors (Lipinski definition) is 1. The summed E-state index contributed by atoms with van der Waals surface area (Å²) >= 11 is 0. The Morgan fingerprint density at radius 2 is 0.765 bits per heavy atom. The number of aliphatic hydroxyl groups is 1. The minimum atomic E-state index is -7.01. The lowest BCUT2D eigenvalue weighted by molar-refractivity contribution is -0.469. The van der Waals surface area contributed by atoms with Gasteiger partial charge in [-0.15, -0.1) is 0 Å². The molecule has 1 aliphatic carbocycles. The highest BCUT2D eigenvalue weighted by Crippen LogP contribution is 2.64. The SMILES string of the molecule is OC1C(F)(F)C(F)(F)C(F)(F)C(F)(F)C1(F)F. The molecule has 0 aromatic heterocycles. The summed E-state index contributed by atoms with van der Waals surface area (Å²) in [5, 5.41) is 8.07. The second-order valence-electron chi connectivity index (χ2n) is 3.37. The maximum atomic E-state index is 12.4. The van der Waals surface area contributed by atoms with Crippen LogP contribution in [0, 0.1) is 0 Å². The minimum Gasteiger partial charge on any atom is -0.381 e. The topological polar surface area (TPSA) is 20.2 Å². The Hall–Kier alpha value is -0.740. The van der Waals surface area contributed by atoms with Crippen LogP contribution in [0.25, 0.3) is 0 Å². The fraction of sp³-hybridized carbons (Fsp3) is 1.00. The van der Waals surface area contributed by atoms with Crippen molar-refractivity contribution in [3.63, 3.8) is 0 Å². The molecular weight excluding hydrogens is 278 g/mol. The average Bonchev–Trinajstić information content (AvgIpc) is 2.13. The first kappa shape index (κ1) is 14.3. The molecule has 1 nitrogen and oxygen atoms in total. The van der Waals surface area contributed by atoms with E-state index in [1.54, 1.807) is 0 Å². The normalized spacial score (nSPS) is 33.4. The minimum absolute atomic E-state index is 4.93. The summed E-state index contributed by atoms with van der Waals surface area (Å²) in [4.78, 5) is 0. The van der Waals surface area contributed by atoms with Crippen LogP contribution in [0.3, 0.4) is 0 Å². The summed E-state index contributed by atoms with van der Waals surface area (Å²) in [7, 11) is 0. The summed E-state index contributed by atoms with van der Waals surface area (Å²) in [6, 6.07) is 0. The Balaban J connectivity index is 3.56. The van der Waals surface area contributed by atoms with E-state index >= 15 is 0 Å².